The molecule has 0 aliphatic heterocycles. The normalized spacial score (nSPS) is 12.4. The minimum Gasteiger partial charge on any atom is -0.444 e. The highest BCUT2D eigenvalue weighted by molar-refractivity contribution is 5.77. The van der Waals surface area contributed by atoms with Crippen LogP contribution in [0, 0.1) is 13.8 Å². The highest BCUT2D eigenvalue weighted by Gasteiger charge is 2.16. The molecular weight excluding hydrogens is 292 g/mol. The van der Waals surface area contributed by atoms with Crippen LogP contribution in [-0.4, -0.2) is 24.1 Å². The third-order valence-corrected chi connectivity index (χ3v) is 3.30. The Hall–Kier alpha value is -2.04. The van der Waals surface area contributed by atoms with Gasteiger partial charge in [-0.25, -0.2) is 4.79 Å². The average molecular weight is 320 g/mol. The zero-order chi connectivity index (χ0) is 17.6. The molecule has 5 nitrogen and oxygen atoms in total. The summed E-state index contributed by atoms with van der Waals surface area (Å²) in [6.07, 6.45) is -0.290. The summed E-state index contributed by atoms with van der Waals surface area (Å²) in [6, 6.07) is 6.12. The van der Waals surface area contributed by atoms with Gasteiger partial charge in [0, 0.05) is 13.0 Å². The Kier molecular flexibility index (Phi) is 6.61. The first-order valence-corrected chi connectivity index (χ1v) is 7.92. The maximum Gasteiger partial charge on any atom is 0.407 e. The van der Waals surface area contributed by atoms with Gasteiger partial charge in [-0.05, 0) is 52.7 Å². The van der Waals surface area contributed by atoms with Crippen LogP contribution >= 0.6 is 0 Å². The van der Waals surface area contributed by atoms with Crippen LogP contribution < -0.4 is 10.6 Å². The first-order valence-electron chi connectivity index (χ1n) is 7.92. The molecule has 0 spiro atoms. The number of carbonyl (C=O) groups excluding carboxylic acids is 2. The summed E-state index contributed by atoms with van der Waals surface area (Å²) in [5, 5.41) is 5.54. The number of rotatable bonds is 5. The Labute approximate surface area is 138 Å². The van der Waals surface area contributed by atoms with Gasteiger partial charge < -0.3 is 15.4 Å². The van der Waals surface area contributed by atoms with Gasteiger partial charge in [0.2, 0.25) is 5.91 Å². The van der Waals surface area contributed by atoms with Crippen molar-refractivity contribution >= 4 is 12.0 Å². The van der Waals surface area contributed by atoms with Crippen LogP contribution in [0.4, 0.5) is 4.79 Å². The monoisotopic (exact) mass is 320 g/mol. The van der Waals surface area contributed by atoms with Gasteiger partial charge in [-0.2, -0.15) is 0 Å². The van der Waals surface area contributed by atoms with Crippen LogP contribution in [0.15, 0.2) is 18.2 Å². The number of hydrogen-bond acceptors (Lipinski definition) is 3. The van der Waals surface area contributed by atoms with E-state index in [2.05, 4.69) is 28.8 Å². The molecule has 0 bridgehead atoms. The van der Waals surface area contributed by atoms with E-state index in [0.717, 1.165) is 11.1 Å². The maximum atomic E-state index is 12.0. The van der Waals surface area contributed by atoms with E-state index in [1.54, 1.807) is 20.8 Å². The first-order chi connectivity index (χ1) is 10.6. The summed E-state index contributed by atoms with van der Waals surface area (Å²) in [5.74, 6) is -0.102. The van der Waals surface area contributed by atoms with Gasteiger partial charge in [-0.15, -0.1) is 0 Å². The van der Waals surface area contributed by atoms with E-state index in [1.165, 1.54) is 5.56 Å². The second-order valence-electron chi connectivity index (χ2n) is 6.83. The van der Waals surface area contributed by atoms with Crippen LogP contribution in [0.2, 0.25) is 0 Å². The van der Waals surface area contributed by atoms with Crippen LogP contribution in [-0.2, 0) is 9.53 Å². The zero-order valence-electron chi connectivity index (χ0n) is 14.9. The van der Waals surface area contributed by atoms with Crippen molar-refractivity contribution in [1.29, 1.82) is 0 Å². The summed E-state index contributed by atoms with van der Waals surface area (Å²) in [7, 11) is 0. The Balaban J connectivity index is 2.42. The van der Waals surface area contributed by atoms with E-state index < -0.39 is 11.7 Å². The molecule has 0 aliphatic rings. The second-order valence-corrected chi connectivity index (χ2v) is 6.83. The molecule has 0 heterocycles. The van der Waals surface area contributed by atoms with Crippen molar-refractivity contribution < 1.29 is 14.3 Å². The molecule has 0 fully saturated rings. The predicted octanol–water partition coefficient (Wildman–Crippen LogP) is 3.40. The highest BCUT2D eigenvalue weighted by Crippen LogP contribution is 2.18. The molecule has 1 atom stereocenters. The standard InChI is InChI=1S/C18H28N2O3/c1-12-7-8-13(2)15(11-12)14(3)20-16(21)9-10-19-17(22)23-18(4,5)6/h7-8,11,14H,9-10H2,1-6H3,(H,19,22)(H,20,21). The molecule has 0 aliphatic carbocycles. The molecule has 1 aromatic rings. The lowest BCUT2D eigenvalue weighted by Gasteiger charge is -2.20. The van der Waals surface area contributed by atoms with Crippen LogP contribution in [0.3, 0.4) is 0 Å². The molecule has 2 N–H and O–H groups in total. The lowest BCUT2D eigenvalue weighted by atomic mass is 10.00. The molecule has 23 heavy (non-hydrogen) atoms. The summed E-state index contributed by atoms with van der Waals surface area (Å²) >= 11 is 0. The first kappa shape index (κ1) is 19.0. The third-order valence-electron chi connectivity index (χ3n) is 3.30. The van der Waals surface area contributed by atoms with Gasteiger partial charge in [0.1, 0.15) is 5.60 Å². The number of benzene rings is 1. The highest BCUT2D eigenvalue weighted by atomic mass is 16.6. The molecule has 0 saturated heterocycles. The van der Waals surface area contributed by atoms with E-state index in [9.17, 15) is 9.59 Å². The number of hydrogen-bond donors (Lipinski definition) is 2. The van der Waals surface area contributed by atoms with Gasteiger partial charge in [0.15, 0.2) is 0 Å². The number of carbonyl (C=O) groups is 2. The fourth-order valence-electron chi connectivity index (χ4n) is 2.21. The number of amides is 2. The minimum atomic E-state index is -0.538. The molecular formula is C18H28N2O3. The van der Waals surface area contributed by atoms with Crippen molar-refractivity contribution in [3.05, 3.63) is 34.9 Å². The molecule has 0 radical (unpaired) electrons. The second kappa shape index (κ2) is 7.99. The van der Waals surface area contributed by atoms with E-state index in [0.29, 0.717) is 0 Å². The lowest BCUT2D eigenvalue weighted by molar-refractivity contribution is -0.121. The van der Waals surface area contributed by atoms with Crippen LogP contribution in [0.25, 0.3) is 0 Å². The molecule has 0 aromatic heterocycles. The quantitative estimate of drug-likeness (QED) is 0.874. The van der Waals surface area contributed by atoms with E-state index in [1.807, 2.05) is 20.8 Å². The van der Waals surface area contributed by atoms with Crippen molar-refractivity contribution in [1.82, 2.24) is 10.6 Å². The van der Waals surface area contributed by atoms with Crippen LogP contribution in [0.1, 0.15) is 56.8 Å². The number of nitrogens with one attached hydrogen (secondary N) is 2. The molecule has 0 saturated carbocycles. The molecule has 2 amide bonds. The van der Waals surface area contributed by atoms with Gasteiger partial charge in [0.25, 0.3) is 0 Å². The Morgan fingerprint density at radius 1 is 1.22 bits per heavy atom. The van der Waals surface area contributed by atoms with Gasteiger partial charge in [0.05, 0.1) is 6.04 Å². The zero-order valence-corrected chi connectivity index (χ0v) is 14.9. The van der Waals surface area contributed by atoms with Crippen molar-refractivity contribution in [2.24, 2.45) is 0 Å². The number of ether oxygens (including phenoxy) is 1. The fourth-order valence-corrected chi connectivity index (χ4v) is 2.21. The molecule has 1 aromatic carbocycles. The maximum absolute atomic E-state index is 12.0. The Morgan fingerprint density at radius 3 is 2.48 bits per heavy atom. The Morgan fingerprint density at radius 2 is 1.87 bits per heavy atom. The predicted molar refractivity (Wildman–Crippen MR) is 91.3 cm³/mol. The summed E-state index contributed by atoms with van der Waals surface area (Å²) < 4.78 is 5.12. The van der Waals surface area contributed by atoms with Crippen molar-refractivity contribution in [3.8, 4) is 0 Å². The summed E-state index contributed by atoms with van der Waals surface area (Å²) in [6.45, 7) is 11.7. The van der Waals surface area contributed by atoms with Crippen molar-refractivity contribution in [2.75, 3.05) is 6.54 Å². The average Bonchev–Trinajstić information content (AvgIpc) is 2.39. The van der Waals surface area contributed by atoms with E-state index >= 15 is 0 Å². The minimum absolute atomic E-state index is 0.0658. The Bertz CT molecular complexity index is 562. The largest absolute Gasteiger partial charge is 0.444 e. The fraction of sp³-hybridized carbons (Fsp3) is 0.556. The van der Waals surface area contributed by atoms with Gasteiger partial charge in [-0.1, -0.05) is 23.8 Å². The molecule has 5 heteroatoms. The summed E-state index contributed by atoms with van der Waals surface area (Å²) in [5.41, 5.74) is 2.89. The van der Waals surface area contributed by atoms with Crippen molar-refractivity contribution in [2.45, 2.75) is 59.6 Å². The SMILES string of the molecule is Cc1ccc(C)c(C(C)NC(=O)CCNC(=O)OC(C)(C)C)c1. The number of alkyl carbamates (subject to hydrolysis) is 1. The topological polar surface area (TPSA) is 67.4 Å². The molecule has 1 rings (SSSR count). The van der Waals surface area contributed by atoms with Gasteiger partial charge >= 0.3 is 6.09 Å². The smallest absolute Gasteiger partial charge is 0.407 e. The number of aryl methyl sites for hydroxylation is 2. The third kappa shape index (κ3) is 7.17. The van der Waals surface area contributed by atoms with Crippen LogP contribution in [0.5, 0.6) is 0 Å². The molecule has 128 valence electrons. The van der Waals surface area contributed by atoms with E-state index in [-0.39, 0.29) is 24.9 Å². The summed E-state index contributed by atoms with van der Waals surface area (Å²) in [4.78, 5) is 23.5. The molecule has 1 unspecified atom stereocenters. The van der Waals surface area contributed by atoms with E-state index in [4.69, 9.17) is 4.74 Å². The van der Waals surface area contributed by atoms with Crippen molar-refractivity contribution in [3.63, 3.8) is 0 Å². The lowest BCUT2D eigenvalue weighted by Crippen LogP contribution is -2.35. The van der Waals surface area contributed by atoms with Gasteiger partial charge in [-0.3, -0.25) is 4.79 Å².